The van der Waals surface area contributed by atoms with Crippen LogP contribution in [-0.2, 0) is 26.5 Å². The number of rotatable bonds is 3. The van der Waals surface area contributed by atoms with Gasteiger partial charge in [-0.05, 0) is 24.6 Å². The van der Waals surface area contributed by atoms with E-state index in [2.05, 4.69) is 45.6 Å². The van der Waals surface area contributed by atoms with Crippen LogP contribution in [0.1, 0.15) is 35.5 Å². The molecule has 1 fully saturated rings. The molecule has 39 heavy (non-hydrogen) atoms. The van der Waals surface area contributed by atoms with E-state index in [-0.39, 0.29) is 24.4 Å². The number of fused-ring (bicyclic) bond motifs is 13. The largest absolute Gasteiger partial charge is 0.374 e. The molecule has 2 unspecified atom stereocenters. The Balaban J connectivity index is 1.62. The van der Waals surface area contributed by atoms with Crippen molar-refractivity contribution in [3.05, 3.63) is 59.7 Å². The Labute approximate surface area is 224 Å². The molecular weight excluding hydrogens is 494 g/mol. The average Bonchev–Trinajstić information content (AvgIpc) is 3.59. The van der Waals surface area contributed by atoms with Crippen molar-refractivity contribution in [2.24, 2.45) is 5.73 Å². The van der Waals surface area contributed by atoms with Crippen LogP contribution in [0.2, 0.25) is 0 Å². The van der Waals surface area contributed by atoms with Crippen LogP contribution in [0.15, 0.2) is 48.5 Å². The smallest absolute Gasteiger partial charge is 0.252 e. The van der Waals surface area contributed by atoms with Crippen molar-refractivity contribution in [1.82, 2.24) is 19.4 Å². The summed E-state index contributed by atoms with van der Waals surface area (Å²) >= 11 is 0. The number of aromatic nitrogens is 2. The third-order valence-corrected chi connectivity index (χ3v) is 9.26. The number of amides is 2. The number of ether oxygens (including phenoxy) is 2. The van der Waals surface area contributed by atoms with E-state index in [0.29, 0.717) is 13.0 Å². The Bertz CT molecular complexity index is 1900. The molecule has 3 aromatic carbocycles. The highest BCUT2D eigenvalue weighted by Gasteiger charge is 2.54. The van der Waals surface area contributed by atoms with Crippen molar-refractivity contribution in [3.8, 4) is 0 Å². The molecule has 4 atom stereocenters. The second kappa shape index (κ2) is 7.59. The topological polar surface area (TPSA) is 104 Å². The number of hydrogen-bond acceptors (Lipinski definition) is 5. The molecule has 5 heterocycles. The minimum absolute atomic E-state index is 0.0492. The highest BCUT2D eigenvalue weighted by atomic mass is 16.6. The molecule has 0 aliphatic carbocycles. The van der Waals surface area contributed by atoms with Gasteiger partial charge < -0.3 is 34.6 Å². The van der Waals surface area contributed by atoms with E-state index in [1.807, 2.05) is 24.3 Å². The lowest BCUT2D eigenvalue weighted by Crippen LogP contribution is -2.61. The monoisotopic (exact) mass is 523 g/mol. The van der Waals surface area contributed by atoms with E-state index < -0.39 is 18.1 Å². The van der Waals surface area contributed by atoms with Gasteiger partial charge in [0.05, 0.1) is 40.2 Å². The highest BCUT2D eigenvalue weighted by molar-refractivity contribution is 6.31. The second-order valence-corrected chi connectivity index (χ2v) is 11.0. The maximum absolute atomic E-state index is 13.4. The first kappa shape index (κ1) is 23.0. The van der Waals surface area contributed by atoms with Gasteiger partial charge in [-0.15, -0.1) is 0 Å². The molecule has 0 saturated carbocycles. The molecule has 5 aromatic rings. The number of carbonyl (C=O) groups is 2. The minimum Gasteiger partial charge on any atom is -0.374 e. The molecule has 8 rings (SSSR count). The summed E-state index contributed by atoms with van der Waals surface area (Å²) in [5, 5.41) is 7.19. The maximum Gasteiger partial charge on any atom is 0.252 e. The molecule has 3 aliphatic rings. The van der Waals surface area contributed by atoms with Gasteiger partial charge in [0.2, 0.25) is 5.91 Å². The summed E-state index contributed by atoms with van der Waals surface area (Å²) < 4.78 is 17.9. The molecular formula is C30H29N5O4. The third-order valence-electron chi connectivity index (χ3n) is 9.26. The number of hydrogen-bond donors (Lipinski definition) is 2. The van der Waals surface area contributed by atoms with Crippen molar-refractivity contribution in [3.63, 3.8) is 0 Å². The Kier molecular flexibility index (Phi) is 4.48. The van der Waals surface area contributed by atoms with Crippen LogP contribution in [0, 0.1) is 0 Å². The van der Waals surface area contributed by atoms with Gasteiger partial charge in [-0.1, -0.05) is 36.4 Å². The van der Waals surface area contributed by atoms with Crippen molar-refractivity contribution < 1.29 is 19.1 Å². The summed E-state index contributed by atoms with van der Waals surface area (Å²) in [6, 6.07) is 16.2. The predicted octanol–water partition coefficient (Wildman–Crippen LogP) is 3.55. The number of nitrogens with one attached hydrogen (secondary N) is 1. The summed E-state index contributed by atoms with van der Waals surface area (Å²) in [5.41, 5.74) is 10.6. The third kappa shape index (κ3) is 2.60. The fraction of sp³-hybridized carbons (Fsp3) is 0.333. The molecule has 1 saturated heterocycles. The fourth-order valence-electron chi connectivity index (χ4n) is 7.72. The van der Waals surface area contributed by atoms with E-state index in [4.69, 9.17) is 15.2 Å². The first-order chi connectivity index (χ1) is 18.9. The fourth-order valence-corrected chi connectivity index (χ4v) is 7.72. The van der Waals surface area contributed by atoms with Crippen LogP contribution in [0.3, 0.4) is 0 Å². The number of benzene rings is 3. The van der Waals surface area contributed by atoms with Crippen LogP contribution < -0.4 is 11.1 Å². The van der Waals surface area contributed by atoms with Crippen molar-refractivity contribution in [1.29, 1.82) is 0 Å². The van der Waals surface area contributed by atoms with Crippen LogP contribution in [-0.4, -0.2) is 58.7 Å². The lowest BCUT2D eigenvalue weighted by molar-refractivity contribution is -0.266. The Morgan fingerprint density at radius 3 is 2.54 bits per heavy atom. The van der Waals surface area contributed by atoms with Crippen LogP contribution in [0.25, 0.3) is 43.6 Å². The minimum atomic E-state index is -0.968. The number of methoxy groups -OCH3 is 1. The Hall–Kier alpha value is -3.92. The molecule has 0 radical (unpaired) electrons. The summed E-state index contributed by atoms with van der Waals surface area (Å²) in [4.78, 5) is 28.1. The van der Waals surface area contributed by atoms with E-state index in [1.165, 1.54) is 0 Å². The van der Waals surface area contributed by atoms with Gasteiger partial charge >= 0.3 is 0 Å². The SMILES string of the molecule is COC1C(N(C)C(=O)CN)C[C@@H]2O[C@@]1(C)n1c3ccccc3c3c4c(c5c6ccccc6n2c5c31)C(=O)NC4. The van der Waals surface area contributed by atoms with E-state index in [1.54, 1.807) is 19.1 Å². The Morgan fingerprint density at radius 1 is 1.13 bits per heavy atom. The van der Waals surface area contributed by atoms with Gasteiger partial charge in [0.1, 0.15) is 12.3 Å². The summed E-state index contributed by atoms with van der Waals surface area (Å²) in [6.45, 7) is 2.45. The van der Waals surface area contributed by atoms with Gasteiger partial charge in [-0.2, -0.15) is 0 Å². The zero-order chi connectivity index (χ0) is 26.8. The van der Waals surface area contributed by atoms with Gasteiger partial charge in [0, 0.05) is 48.7 Å². The van der Waals surface area contributed by atoms with Gasteiger partial charge in [0.25, 0.3) is 5.91 Å². The standard InChI is InChI=1S/C30H29N5O4/c1-30-28(38-3)20(33(2)21(36)13-31)12-22(39-30)34-18-10-6-4-8-15(18)24-25-17(14-32-29(25)37)23-16-9-5-7-11-19(16)35(30)27(23)26(24)34/h4-11,20,22,28H,12-14,31H2,1-3H3,(H,32,37)/t20?,22-,28?,30+/m0/s1. The number of carbonyl (C=O) groups excluding carboxylic acids is 2. The van der Waals surface area contributed by atoms with E-state index in [0.717, 1.165) is 54.7 Å². The van der Waals surface area contributed by atoms with E-state index >= 15 is 0 Å². The number of likely N-dealkylation sites (N-methyl/N-ethyl adjacent to an activating group) is 1. The first-order valence-corrected chi connectivity index (χ1v) is 13.4. The summed E-state index contributed by atoms with van der Waals surface area (Å²) in [5.74, 6) is -0.200. The van der Waals surface area contributed by atoms with Crippen LogP contribution in [0.4, 0.5) is 0 Å². The van der Waals surface area contributed by atoms with Gasteiger partial charge in [-0.25, -0.2) is 0 Å². The molecule has 9 nitrogen and oxygen atoms in total. The molecule has 3 N–H and O–H groups in total. The lowest BCUT2D eigenvalue weighted by atomic mass is 9.91. The van der Waals surface area contributed by atoms with Crippen molar-refractivity contribution in [2.45, 2.75) is 44.0 Å². The molecule has 9 heteroatoms. The van der Waals surface area contributed by atoms with E-state index in [9.17, 15) is 9.59 Å². The lowest BCUT2D eigenvalue weighted by Gasteiger charge is -2.50. The quantitative estimate of drug-likeness (QED) is 0.377. The summed E-state index contributed by atoms with van der Waals surface area (Å²) in [7, 11) is 3.48. The van der Waals surface area contributed by atoms with Gasteiger partial charge in [-0.3, -0.25) is 9.59 Å². The average molecular weight is 524 g/mol. The molecule has 2 aromatic heterocycles. The van der Waals surface area contributed by atoms with Gasteiger partial charge in [0.15, 0.2) is 5.72 Å². The number of nitrogens with two attached hydrogens (primary N) is 1. The summed E-state index contributed by atoms with van der Waals surface area (Å²) in [6.07, 6.45) is -0.379. The zero-order valence-corrected chi connectivity index (χ0v) is 22.0. The Morgan fingerprint density at radius 2 is 1.82 bits per heavy atom. The molecule has 2 amide bonds. The highest BCUT2D eigenvalue weighted by Crippen LogP contribution is 2.54. The molecule has 3 aliphatic heterocycles. The second-order valence-electron chi connectivity index (χ2n) is 11.0. The zero-order valence-electron chi connectivity index (χ0n) is 22.0. The maximum atomic E-state index is 13.4. The molecule has 198 valence electrons. The van der Waals surface area contributed by atoms with Crippen LogP contribution in [0.5, 0.6) is 0 Å². The number of para-hydroxylation sites is 2. The predicted molar refractivity (Wildman–Crippen MR) is 148 cm³/mol. The first-order valence-electron chi connectivity index (χ1n) is 13.4. The molecule has 2 bridgehead atoms. The molecule has 0 spiro atoms. The van der Waals surface area contributed by atoms with Crippen LogP contribution >= 0.6 is 0 Å². The number of nitrogens with zero attached hydrogens (tertiary/aromatic N) is 3. The van der Waals surface area contributed by atoms with Crippen molar-refractivity contribution in [2.75, 3.05) is 20.7 Å². The van der Waals surface area contributed by atoms with Crippen molar-refractivity contribution >= 4 is 55.4 Å². The normalized spacial score (nSPS) is 25.5.